The summed E-state index contributed by atoms with van der Waals surface area (Å²) in [5, 5.41) is 8.92. The molecule has 1 aromatic carbocycles. The molecule has 0 spiro atoms. The van der Waals surface area contributed by atoms with Gasteiger partial charge in [0.05, 0.1) is 4.90 Å². The van der Waals surface area contributed by atoms with Gasteiger partial charge in [0.2, 0.25) is 10.0 Å². The van der Waals surface area contributed by atoms with Crippen LogP contribution in [-0.2, 0) is 16.4 Å². The van der Waals surface area contributed by atoms with Crippen molar-refractivity contribution in [1.82, 2.24) is 0 Å². The number of likely N-dealkylation sites (N-methyl/N-ethyl adjacent to an activating group) is 1. The first-order valence-electron chi connectivity index (χ1n) is 4.21. The molecule has 0 aliphatic heterocycles. The first-order chi connectivity index (χ1) is 6.54. The molecule has 0 aliphatic carbocycles. The van der Waals surface area contributed by atoms with E-state index in [2.05, 4.69) is 5.32 Å². The van der Waals surface area contributed by atoms with E-state index in [-0.39, 0.29) is 4.90 Å². The van der Waals surface area contributed by atoms with Gasteiger partial charge in [0.25, 0.3) is 0 Å². The number of sulfonamides is 1. The molecular formula is C9H13N2O2S-. The molecule has 2 N–H and O–H groups in total. The fourth-order valence-electron chi connectivity index (χ4n) is 1.09. The van der Waals surface area contributed by atoms with Gasteiger partial charge in [-0.05, 0) is 24.1 Å². The molecule has 0 radical (unpaired) electrons. The van der Waals surface area contributed by atoms with Crippen LogP contribution in [0, 0.1) is 0 Å². The molecule has 5 heteroatoms. The summed E-state index contributed by atoms with van der Waals surface area (Å²) in [6.07, 6.45) is 0.821. The molecular weight excluding hydrogens is 200 g/mol. The van der Waals surface area contributed by atoms with Gasteiger partial charge in [-0.25, -0.2) is 13.6 Å². The van der Waals surface area contributed by atoms with Crippen molar-refractivity contribution in [2.45, 2.75) is 11.3 Å². The summed E-state index contributed by atoms with van der Waals surface area (Å²) >= 11 is 0. The first-order valence-corrected chi connectivity index (χ1v) is 5.76. The molecule has 0 bridgehead atoms. The van der Waals surface area contributed by atoms with E-state index in [1.54, 1.807) is 19.2 Å². The molecule has 0 saturated carbocycles. The molecule has 0 atom stereocenters. The summed E-state index contributed by atoms with van der Waals surface area (Å²) in [5.74, 6) is 0. The van der Waals surface area contributed by atoms with E-state index in [0.717, 1.165) is 18.5 Å². The lowest BCUT2D eigenvalue weighted by molar-refractivity contribution is 0.598. The quantitative estimate of drug-likeness (QED) is 0.806. The van der Waals surface area contributed by atoms with E-state index in [1.807, 2.05) is 0 Å². The van der Waals surface area contributed by atoms with Gasteiger partial charge in [-0.2, -0.15) is 7.05 Å². The fourth-order valence-corrected chi connectivity index (χ4v) is 1.60. The maximum atomic E-state index is 10.9. The molecule has 14 heavy (non-hydrogen) atoms. The van der Waals surface area contributed by atoms with Crippen LogP contribution in [0.15, 0.2) is 29.2 Å². The van der Waals surface area contributed by atoms with E-state index in [9.17, 15) is 8.42 Å². The number of nitrogens with two attached hydrogens (primary N) is 1. The van der Waals surface area contributed by atoms with Gasteiger partial charge < -0.3 is 5.32 Å². The predicted molar refractivity (Wildman–Crippen MR) is 55.7 cm³/mol. The number of benzene rings is 1. The van der Waals surface area contributed by atoms with Crippen molar-refractivity contribution < 1.29 is 8.42 Å². The normalized spacial score (nSPS) is 11.6. The zero-order valence-corrected chi connectivity index (χ0v) is 8.79. The highest BCUT2D eigenvalue weighted by Gasteiger charge is 2.05. The minimum absolute atomic E-state index is 0.148. The summed E-state index contributed by atoms with van der Waals surface area (Å²) in [6.45, 7) is 0.745. The van der Waals surface area contributed by atoms with E-state index in [1.165, 1.54) is 12.1 Å². The largest absolute Gasteiger partial charge is 0.665 e. The number of hydrogen-bond donors (Lipinski definition) is 1. The lowest BCUT2D eigenvalue weighted by atomic mass is 10.1. The van der Waals surface area contributed by atoms with Gasteiger partial charge in [0.1, 0.15) is 0 Å². The number of hydrogen-bond acceptors (Lipinski definition) is 2. The highest BCUT2D eigenvalue weighted by atomic mass is 32.2. The van der Waals surface area contributed by atoms with Gasteiger partial charge in [-0.3, -0.25) is 0 Å². The third kappa shape index (κ3) is 3.10. The molecule has 0 amide bonds. The first kappa shape index (κ1) is 11.2. The van der Waals surface area contributed by atoms with E-state index in [4.69, 9.17) is 5.14 Å². The van der Waals surface area contributed by atoms with E-state index in [0.29, 0.717) is 0 Å². The Balaban J connectivity index is 2.79. The second-order valence-corrected chi connectivity index (χ2v) is 4.54. The van der Waals surface area contributed by atoms with Gasteiger partial charge in [-0.1, -0.05) is 12.1 Å². The third-order valence-electron chi connectivity index (χ3n) is 1.88. The minimum atomic E-state index is -3.56. The molecule has 0 saturated heterocycles. The summed E-state index contributed by atoms with van der Waals surface area (Å²) in [5.41, 5.74) is 1.06. The summed E-state index contributed by atoms with van der Waals surface area (Å²) in [7, 11) is -1.81. The monoisotopic (exact) mass is 213 g/mol. The van der Waals surface area contributed by atoms with Crippen LogP contribution < -0.4 is 5.14 Å². The van der Waals surface area contributed by atoms with Crippen LogP contribution in [0.4, 0.5) is 0 Å². The Morgan fingerprint density at radius 1 is 1.29 bits per heavy atom. The average Bonchev–Trinajstić information content (AvgIpc) is 2.14. The standard InChI is InChI=1S/C9H13N2O2S/c1-11-7-6-8-2-4-9(5-3-8)14(10,12)13/h2-5H,6-7H2,1H3,(H2,10,12,13)/q-1. The van der Waals surface area contributed by atoms with Crippen molar-refractivity contribution in [3.05, 3.63) is 35.1 Å². The Kier molecular flexibility index (Phi) is 3.62. The van der Waals surface area contributed by atoms with Crippen molar-refractivity contribution in [2.24, 2.45) is 5.14 Å². The molecule has 0 unspecified atom stereocenters. The molecule has 4 nitrogen and oxygen atoms in total. The van der Waals surface area contributed by atoms with Crippen LogP contribution >= 0.6 is 0 Å². The molecule has 1 rings (SSSR count). The molecule has 0 aromatic heterocycles. The fraction of sp³-hybridized carbons (Fsp3) is 0.333. The van der Waals surface area contributed by atoms with Gasteiger partial charge in [-0.15, -0.1) is 6.54 Å². The summed E-state index contributed by atoms with van der Waals surface area (Å²) in [4.78, 5) is 0.148. The molecule has 0 fully saturated rings. The van der Waals surface area contributed by atoms with Gasteiger partial charge >= 0.3 is 0 Å². The van der Waals surface area contributed by atoms with Crippen molar-refractivity contribution in [3.8, 4) is 0 Å². The molecule has 0 heterocycles. The van der Waals surface area contributed by atoms with Crippen LogP contribution in [0.3, 0.4) is 0 Å². The highest BCUT2D eigenvalue weighted by Crippen LogP contribution is 2.09. The van der Waals surface area contributed by atoms with Crippen LogP contribution in [-0.4, -0.2) is 22.0 Å². The zero-order valence-electron chi connectivity index (χ0n) is 7.97. The highest BCUT2D eigenvalue weighted by molar-refractivity contribution is 7.89. The number of primary sulfonamides is 1. The lowest BCUT2D eigenvalue weighted by Gasteiger charge is -2.10. The maximum Gasteiger partial charge on any atom is 0.238 e. The van der Waals surface area contributed by atoms with Gasteiger partial charge in [0, 0.05) is 0 Å². The van der Waals surface area contributed by atoms with Crippen molar-refractivity contribution in [3.63, 3.8) is 0 Å². The average molecular weight is 213 g/mol. The molecule has 1 aromatic rings. The van der Waals surface area contributed by atoms with E-state index < -0.39 is 10.0 Å². The second-order valence-electron chi connectivity index (χ2n) is 2.98. The van der Waals surface area contributed by atoms with Crippen LogP contribution in [0.5, 0.6) is 0 Å². The van der Waals surface area contributed by atoms with Crippen molar-refractivity contribution in [1.29, 1.82) is 0 Å². The second kappa shape index (κ2) is 4.54. The number of nitrogens with zero attached hydrogens (tertiary/aromatic N) is 1. The Bertz CT molecular complexity index is 384. The summed E-state index contributed by atoms with van der Waals surface area (Å²) in [6, 6.07) is 6.54. The Morgan fingerprint density at radius 3 is 2.29 bits per heavy atom. The van der Waals surface area contributed by atoms with Crippen LogP contribution in [0.2, 0.25) is 0 Å². The van der Waals surface area contributed by atoms with E-state index >= 15 is 0 Å². The smallest absolute Gasteiger partial charge is 0.238 e. The summed E-state index contributed by atoms with van der Waals surface area (Å²) < 4.78 is 21.8. The minimum Gasteiger partial charge on any atom is -0.665 e. The van der Waals surface area contributed by atoms with Crippen molar-refractivity contribution in [2.75, 3.05) is 13.6 Å². The number of rotatable bonds is 4. The Hall–Kier alpha value is -0.910. The lowest BCUT2D eigenvalue weighted by Crippen LogP contribution is -2.11. The Labute approximate surface area is 84.2 Å². The Morgan fingerprint density at radius 2 is 1.86 bits per heavy atom. The topological polar surface area (TPSA) is 74.3 Å². The van der Waals surface area contributed by atoms with Gasteiger partial charge in [0.15, 0.2) is 0 Å². The van der Waals surface area contributed by atoms with Crippen LogP contribution in [0.1, 0.15) is 5.56 Å². The van der Waals surface area contributed by atoms with Crippen LogP contribution in [0.25, 0.3) is 5.32 Å². The maximum absolute atomic E-state index is 10.9. The predicted octanol–water partition coefficient (Wildman–Crippen LogP) is 0.880. The SMILES string of the molecule is C[N-]CCc1ccc(S(N)(=O)=O)cc1. The van der Waals surface area contributed by atoms with Crippen molar-refractivity contribution >= 4 is 10.0 Å². The molecule has 78 valence electrons. The third-order valence-corrected chi connectivity index (χ3v) is 2.81. The molecule has 0 aliphatic rings. The zero-order chi connectivity index (χ0) is 10.6.